The number of β-amino-alcohol motifs (C(OH)–C–C–N with tert-alkyl or cyclic N) is 1. The van der Waals surface area contributed by atoms with Gasteiger partial charge in [0, 0.05) is 13.0 Å². The summed E-state index contributed by atoms with van der Waals surface area (Å²) < 4.78 is 13.5. The van der Waals surface area contributed by atoms with Crippen LogP contribution in [-0.4, -0.2) is 23.8 Å². The van der Waals surface area contributed by atoms with Crippen molar-refractivity contribution in [1.29, 1.82) is 0 Å². The minimum atomic E-state index is -0.771. The van der Waals surface area contributed by atoms with Crippen LogP contribution in [0.5, 0.6) is 0 Å². The van der Waals surface area contributed by atoms with Crippen LogP contribution < -0.4 is 5.32 Å². The number of aryl methyl sites for hydroxylation is 1. The van der Waals surface area contributed by atoms with Crippen molar-refractivity contribution in [3.8, 4) is 0 Å². The van der Waals surface area contributed by atoms with Crippen LogP contribution in [0.15, 0.2) is 18.2 Å². The van der Waals surface area contributed by atoms with Gasteiger partial charge in [0.25, 0.3) is 0 Å². The number of halogens is 1. The summed E-state index contributed by atoms with van der Waals surface area (Å²) in [5.41, 5.74) is 0.784. The molecular weight excluding hydrogens is 193 g/mol. The van der Waals surface area contributed by atoms with Gasteiger partial charge >= 0.3 is 0 Å². The highest BCUT2D eigenvalue weighted by Crippen LogP contribution is 2.24. The Morgan fingerprint density at radius 2 is 2.33 bits per heavy atom. The van der Waals surface area contributed by atoms with Gasteiger partial charge in [-0.3, -0.25) is 0 Å². The minimum Gasteiger partial charge on any atom is -0.388 e. The molecular formula is C12H16FNO. The van der Waals surface area contributed by atoms with Gasteiger partial charge in [0.1, 0.15) is 5.82 Å². The maximum Gasteiger partial charge on any atom is 0.126 e. The predicted octanol–water partition coefficient (Wildman–Crippen LogP) is 1.40. The van der Waals surface area contributed by atoms with Gasteiger partial charge in [0.05, 0.1) is 5.60 Å². The number of nitrogens with one attached hydrogen (secondary N) is 1. The minimum absolute atomic E-state index is 0.213. The van der Waals surface area contributed by atoms with E-state index in [-0.39, 0.29) is 5.82 Å². The molecule has 0 spiro atoms. The SMILES string of the molecule is Cc1cccc(F)c1CC1(O)CCNC1. The van der Waals surface area contributed by atoms with Gasteiger partial charge in [-0.25, -0.2) is 4.39 Å². The lowest BCUT2D eigenvalue weighted by Crippen LogP contribution is -2.34. The van der Waals surface area contributed by atoms with E-state index in [0.29, 0.717) is 24.9 Å². The highest BCUT2D eigenvalue weighted by Gasteiger charge is 2.32. The average molecular weight is 209 g/mol. The van der Waals surface area contributed by atoms with E-state index in [1.165, 1.54) is 6.07 Å². The third kappa shape index (κ3) is 2.19. The highest BCUT2D eigenvalue weighted by atomic mass is 19.1. The summed E-state index contributed by atoms with van der Waals surface area (Å²) in [6.45, 7) is 3.24. The average Bonchev–Trinajstić information content (AvgIpc) is 2.60. The Bertz CT molecular complexity index is 338. The molecule has 0 aromatic heterocycles. The van der Waals surface area contributed by atoms with E-state index in [0.717, 1.165) is 12.1 Å². The first kappa shape index (κ1) is 10.6. The molecule has 82 valence electrons. The number of hydrogen-bond acceptors (Lipinski definition) is 2. The molecule has 1 aliphatic rings. The summed E-state index contributed by atoms with van der Waals surface area (Å²) in [4.78, 5) is 0. The molecule has 1 fully saturated rings. The summed E-state index contributed by atoms with van der Waals surface area (Å²) in [5, 5.41) is 13.3. The first-order chi connectivity index (χ1) is 7.11. The van der Waals surface area contributed by atoms with Gasteiger partial charge in [-0.05, 0) is 37.1 Å². The third-order valence-electron chi connectivity index (χ3n) is 3.08. The van der Waals surface area contributed by atoms with E-state index in [4.69, 9.17) is 0 Å². The van der Waals surface area contributed by atoms with Crippen molar-refractivity contribution in [3.63, 3.8) is 0 Å². The summed E-state index contributed by atoms with van der Waals surface area (Å²) in [5.74, 6) is -0.213. The van der Waals surface area contributed by atoms with Crippen LogP contribution in [0.25, 0.3) is 0 Å². The molecule has 2 N–H and O–H groups in total. The van der Waals surface area contributed by atoms with Gasteiger partial charge in [0.2, 0.25) is 0 Å². The van der Waals surface area contributed by atoms with Crippen molar-refractivity contribution in [1.82, 2.24) is 5.32 Å². The van der Waals surface area contributed by atoms with Crippen LogP contribution in [-0.2, 0) is 6.42 Å². The molecule has 1 atom stereocenters. The van der Waals surface area contributed by atoms with Crippen molar-refractivity contribution in [2.75, 3.05) is 13.1 Å². The first-order valence-corrected chi connectivity index (χ1v) is 5.28. The van der Waals surface area contributed by atoms with Crippen LogP contribution in [0.4, 0.5) is 4.39 Å². The van der Waals surface area contributed by atoms with Crippen molar-refractivity contribution in [2.45, 2.75) is 25.4 Å². The Labute approximate surface area is 89.1 Å². The normalized spacial score (nSPS) is 25.8. The lowest BCUT2D eigenvalue weighted by molar-refractivity contribution is 0.0608. The quantitative estimate of drug-likeness (QED) is 0.771. The molecule has 1 aromatic rings. The fourth-order valence-corrected chi connectivity index (χ4v) is 2.10. The summed E-state index contributed by atoms with van der Waals surface area (Å²) in [6.07, 6.45) is 1.10. The zero-order valence-electron chi connectivity index (χ0n) is 8.89. The van der Waals surface area contributed by atoms with E-state index >= 15 is 0 Å². The Balaban J connectivity index is 2.23. The Kier molecular flexibility index (Phi) is 2.76. The molecule has 1 aromatic carbocycles. The van der Waals surface area contributed by atoms with Gasteiger partial charge in [-0.1, -0.05) is 12.1 Å². The summed E-state index contributed by atoms with van der Waals surface area (Å²) in [6, 6.07) is 5.03. The van der Waals surface area contributed by atoms with E-state index in [9.17, 15) is 9.50 Å². The molecule has 2 rings (SSSR count). The second-order valence-corrected chi connectivity index (χ2v) is 4.36. The number of rotatable bonds is 2. The molecule has 0 amide bonds. The third-order valence-corrected chi connectivity index (χ3v) is 3.08. The zero-order valence-corrected chi connectivity index (χ0v) is 8.89. The van der Waals surface area contributed by atoms with Crippen molar-refractivity contribution < 1.29 is 9.50 Å². The van der Waals surface area contributed by atoms with Gasteiger partial charge in [-0.15, -0.1) is 0 Å². The highest BCUT2D eigenvalue weighted by molar-refractivity contribution is 5.29. The Morgan fingerprint density at radius 1 is 1.53 bits per heavy atom. The molecule has 0 aliphatic carbocycles. The topological polar surface area (TPSA) is 32.3 Å². The molecule has 1 aliphatic heterocycles. The molecule has 1 unspecified atom stereocenters. The standard InChI is InChI=1S/C12H16FNO/c1-9-3-2-4-11(13)10(9)7-12(15)5-6-14-8-12/h2-4,14-15H,5-8H2,1H3. The van der Waals surface area contributed by atoms with E-state index in [1.54, 1.807) is 6.07 Å². The number of benzene rings is 1. The second kappa shape index (κ2) is 3.91. The summed E-state index contributed by atoms with van der Waals surface area (Å²) in [7, 11) is 0. The molecule has 2 nitrogen and oxygen atoms in total. The van der Waals surface area contributed by atoms with Crippen LogP contribution >= 0.6 is 0 Å². The lowest BCUT2D eigenvalue weighted by Gasteiger charge is -2.22. The number of aliphatic hydroxyl groups is 1. The fraction of sp³-hybridized carbons (Fsp3) is 0.500. The van der Waals surface area contributed by atoms with E-state index in [2.05, 4.69) is 5.32 Å². The first-order valence-electron chi connectivity index (χ1n) is 5.28. The molecule has 3 heteroatoms. The lowest BCUT2D eigenvalue weighted by atomic mass is 9.91. The predicted molar refractivity (Wildman–Crippen MR) is 57.3 cm³/mol. The van der Waals surface area contributed by atoms with Crippen molar-refractivity contribution >= 4 is 0 Å². The second-order valence-electron chi connectivity index (χ2n) is 4.36. The maximum atomic E-state index is 13.5. The Morgan fingerprint density at radius 3 is 2.93 bits per heavy atom. The van der Waals surface area contributed by atoms with Crippen LogP contribution in [0.3, 0.4) is 0 Å². The van der Waals surface area contributed by atoms with Crippen LogP contribution in [0, 0.1) is 12.7 Å². The van der Waals surface area contributed by atoms with E-state index in [1.807, 2.05) is 13.0 Å². The molecule has 0 saturated carbocycles. The number of hydrogen-bond donors (Lipinski definition) is 2. The van der Waals surface area contributed by atoms with Crippen molar-refractivity contribution in [2.24, 2.45) is 0 Å². The zero-order chi connectivity index (χ0) is 10.9. The molecule has 0 bridgehead atoms. The van der Waals surface area contributed by atoms with Gasteiger partial charge in [0.15, 0.2) is 0 Å². The van der Waals surface area contributed by atoms with Crippen LogP contribution in [0.2, 0.25) is 0 Å². The van der Waals surface area contributed by atoms with Gasteiger partial charge in [-0.2, -0.15) is 0 Å². The molecule has 15 heavy (non-hydrogen) atoms. The largest absolute Gasteiger partial charge is 0.388 e. The van der Waals surface area contributed by atoms with Gasteiger partial charge < -0.3 is 10.4 Å². The summed E-state index contributed by atoms with van der Waals surface area (Å²) >= 11 is 0. The Hall–Kier alpha value is -0.930. The fourth-order valence-electron chi connectivity index (χ4n) is 2.10. The van der Waals surface area contributed by atoms with E-state index < -0.39 is 5.60 Å². The maximum absolute atomic E-state index is 13.5. The van der Waals surface area contributed by atoms with Crippen molar-refractivity contribution in [3.05, 3.63) is 35.1 Å². The molecule has 1 saturated heterocycles. The molecule has 1 heterocycles. The monoisotopic (exact) mass is 209 g/mol. The van der Waals surface area contributed by atoms with Crippen LogP contribution in [0.1, 0.15) is 17.5 Å². The molecule has 0 radical (unpaired) electrons. The smallest absolute Gasteiger partial charge is 0.126 e.